The van der Waals surface area contributed by atoms with E-state index in [0.717, 1.165) is 17.7 Å². The van der Waals surface area contributed by atoms with Gasteiger partial charge in [0.1, 0.15) is 17.5 Å². The highest BCUT2D eigenvalue weighted by molar-refractivity contribution is 6.31. The van der Waals surface area contributed by atoms with Gasteiger partial charge in [0.05, 0.1) is 19.8 Å². The molecule has 2 amide bonds. The normalized spacial score (nSPS) is 15.9. The number of methoxy groups -OCH3 is 2. The molecule has 0 N–H and O–H groups in total. The molecular formula is C22H25ClN2O4. The van der Waals surface area contributed by atoms with E-state index in [0.29, 0.717) is 35.8 Å². The van der Waals surface area contributed by atoms with Crippen LogP contribution >= 0.6 is 11.6 Å². The largest absolute Gasteiger partial charge is 0.497 e. The third-order valence-electron chi connectivity index (χ3n) is 5.12. The molecule has 0 spiro atoms. The molecule has 2 aromatic carbocycles. The Balaban J connectivity index is 1.76. The molecule has 7 heteroatoms. The summed E-state index contributed by atoms with van der Waals surface area (Å²) < 4.78 is 10.6. The lowest BCUT2D eigenvalue weighted by molar-refractivity contribution is -0.134. The van der Waals surface area contributed by atoms with E-state index in [1.807, 2.05) is 24.3 Å². The predicted octanol–water partition coefficient (Wildman–Crippen LogP) is 3.62. The van der Waals surface area contributed by atoms with Crippen LogP contribution in [0.4, 0.5) is 0 Å². The second kappa shape index (κ2) is 9.18. The Morgan fingerprint density at radius 3 is 2.69 bits per heavy atom. The van der Waals surface area contributed by atoms with Crippen molar-refractivity contribution in [2.75, 3.05) is 27.8 Å². The second-order valence-electron chi connectivity index (χ2n) is 7.05. The van der Waals surface area contributed by atoms with Crippen LogP contribution in [0.15, 0.2) is 42.5 Å². The van der Waals surface area contributed by atoms with Gasteiger partial charge in [-0.1, -0.05) is 23.7 Å². The summed E-state index contributed by atoms with van der Waals surface area (Å²) in [4.78, 5) is 29.6. The first-order chi connectivity index (χ1) is 13.9. The maximum Gasteiger partial charge on any atom is 0.258 e. The second-order valence-corrected chi connectivity index (χ2v) is 7.48. The summed E-state index contributed by atoms with van der Waals surface area (Å²) in [5.74, 6) is 0.867. The van der Waals surface area contributed by atoms with Gasteiger partial charge >= 0.3 is 0 Å². The zero-order chi connectivity index (χ0) is 21.0. The zero-order valence-corrected chi connectivity index (χ0v) is 17.6. The maximum atomic E-state index is 13.2. The number of rotatable bonds is 6. The van der Waals surface area contributed by atoms with Crippen LogP contribution in [0.25, 0.3) is 0 Å². The standard InChI is InChI=1S/C22H25ClN2O4/c1-24(14-15-6-4-7-17(12-15)28-2)22(27)19-8-5-11-25(19)21(26)18-13-16(23)9-10-20(18)29-3/h4,6-7,9-10,12-13,19H,5,8,11,14H2,1-3H3/t19-/m0/s1. The monoisotopic (exact) mass is 416 g/mol. The fraction of sp³-hybridized carbons (Fsp3) is 0.364. The van der Waals surface area contributed by atoms with E-state index >= 15 is 0 Å². The minimum absolute atomic E-state index is 0.0836. The van der Waals surface area contributed by atoms with E-state index in [2.05, 4.69) is 0 Å². The fourth-order valence-corrected chi connectivity index (χ4v) is 3.82. The van der Waals surface area contributed by atoms with Gasteiger partial charge in [0.15, 0.2) is 0 Å². The molecule has 0 radical (unpaired) electrons. The van der Waals surface area contributed by atoms with E-state index in [-0.39, 0.29) is 11.8 Å². The van der Waals surface area contributed by atoms with Crippen LogP contribution in [0.1, 0.15) is 28.8 Å². The average Bonchev–Trinajstić information content (AvgIpc) is 3.22. The highest BCUT2D eigenvalue weighted by Crippen LogP contribution is 2.28. The van der Waals surface area contributed by atoms with Gasteiger partial charge in [-0.15, -0.1) is 0 Å². The minimum atomic E-state index is -0.498. The molecule has 1 atom stereocenters. The number of halogens is 1. The molecule has 6 nitrogen and oxygen atoms in total. The first-order valence-electron chi connectivity index (χ1n) is 9.47. The highest BCUT2D eigenvalue weighted by Gasteiger charge is 2.37. The summed E-state index contributed by atoms with van der Waals surface area (Å²) in [5, 5.41) is 0.450. The smallest absolute Gasteiger partial charge is 0.258 e. The number of ether oxygens (including phenoxy) is 2. The molecule has 3 rings (SSSR count). The predicted molar refractivity (Wildman–Crippen MR) is 112 cm³/mol. The van der Waals surface area contributed by atoms with Gasteiger partial charge in [0, 0.05) is 25.2 Å². The molecule has 0 unspecified atom stereocenters. The minimum Gasteiger partial charge on any atom is -0.497 e. The lowest BCUT2D eigenvalue weighted by Gasteiger charge is -2.28. The molecule has 2 aromatic rings. The molecule has 154 valence electrons. The van der Waals surface area contributed by atoms with Crippen molar-refractivity contribution in [1.29, 1.82) is 0 Å². The first kappa shape index (κ1) is 21.0. The number of nitrogens with zero attached hydrogens (tertiary/aromatic N) is 2. The first-order valence-corrected chi connectivity index (χ1v) is 9.84. The summed E-state index contributed by atoms with van der Waals surface area (Å²) in [6.45, 7) is 0.965. The number of carbonyl (C=O) groups excluding carboxylic acids is 2. The van der Waals surface area contributed by atoms with Crippen molar-refractivity contribution in [3.63, 3.8) is 0 Å². The van der Waals surface area contributed by atoms with Crippen molar-refractivity contribution < 1.29 is 19.1 Å². The topological polar surface area (TPSA) is 59.1 Å². The molecule has 0 bridgehead atoms. The number of hydrogen-bond donors (Lipinski definition) is 0. The third-order valence-corrected chi connectivity index (χ3v) is 5.36. The van der Waals surface area contributed by atoms with Crippen molar-refractivity contribution in [2.45, 2.75) is 25.4 Å². The highest BCUT2D eigenvalue weighted by atomic mass is 35.5. The summed E-state index contributed by atoms with van der Waals surface area (Å²) in [6.07, 6.45) is 1.41. The molecule has 0 aliphatic carbocycles. The van der Waals surface area contributed by atoms with Gasteiger partial charge in [-0.3, -0.25) is 9.59 Å². The van der Waals surface area contributed by atoms with E-state index in [9.17, 15) is 9.59 Å². The summed E-state index contributed by atoms with van der Waals surface area (Å²) in [6, 6.07) is 12.0. The van der Waals surface area contributed by atoms with Crippen LogP contribution < -0.4 is 9.47 Å². The van der Waals surface area contributed by atoms with Crippen LogP contribution in [-0.2, 0) is 11.3 Å². The maximum absolute atomic E-state index is 13.2. The lowest BCUT2D eigenvalue weighted by atomic mass is 10.1. The Kier molecular flexibility index (Phi) is 6.64. The van der Waals surface area contributed by atoms with Crippen molar-refractivity contribution in [1.82, 2.24) is 9.80 Å². The van der Waals surface area contributed by atoms with Gasteiger partial charge in [-0.25, -0.2) is 0 Å². The van der Waals surface area contributed by atoms with E-state index < -0.39 is 6.04 Å². The quantitative estimate of drug-likeness (QED) is 0.721. The number of carbonyl (C=O) groups is 2. The Bertz CT molecular complexity index is 902. The van der Waals surface area contributed by atoms with Gasteiger partial charge < -0.3 is 19.3 Å². The van der Waals surface area contributed by atoms with Crippen molar-refractivity contribution in [2.24, 2.45) is 0 Å². The average molecular weight is 417 g/mol. The number of likely N-dealkylation sites (N-methyl/N-ethyl adjacent to an activating group) is 1. The third kappa shape index (κ3) is 4.65. The Labute approximate surface area is 176 Å². The van der Waals surface area contributed by atoms with Gasteiger partial charge in [-0.05, 0) is 48.7 Å². The van der Waals surface area contributed by atoms with E-state index in [4.69, 9.17) is 21.1 Å². The van der Waals surface area contributed by atoms with Crippen LogP contribution in [-0.4, -0.2) is 55.5 Å². The summed E-state index contributed by atoms with van der Waals surface area (Å²) in [7, 11) is 4.87. The lowest BCUT2D eigenvalue weighted by Crippen LogP contribution is -2.46. The molecule has 1 saturated heterocycles. The van der Waals surface area contributed by atoms with Crippen LogP contribution in [0.2, 0.25) is 5.02 Å². The van der Waals surface area contributed by atoms with Crippen LogP contribution in [0.3, 0.4) is 0 Å². The van der Waals surface area contributed by atoms with Crippen LogP contribution in [0.5, 0.6) is 11.5 Å². The van der Waals surface area contributed by atoms with Gasteiger partial charge in [-0.2, -0.15) is 0 Å². The molecule has 1 aliphatic heterocycles. The molecule has 0 aromatic heterocycles. The van der Waals surface area contributed by atoms with Crippen molar-refractivity contribution >= 4 is 23.4 Å². The molecule has 1 aliphatic rings. The molecule has 1 fully saturated rings. The molecule has 29 heavy (non-hydrogen) atoms. The fourth-order valence-electron chi connectivity index (χ4n) is 3.65. The van der Waals surface area contributed by atoms with E-state index in [1.54, 1.807) is 42.2 Å². The molecule has 1 heterocycles. The summed E-state index contributed by atoms with van der Waals surface area (Å²) in [5.41, 5.74) is 1.34. The van der Waals surface area contributed by atoms with Crippen LogP contribution in [0, 0.1) is 0 Å². The number of amides is 2. The Hall–Kier alpha value is -2.73. The van der Waals surface area contributed by atoms with Gasteiger partial charge in [0.25, 0.3) is 5.91 Å². The van der Waals surface area contributed by atoms with E-state index in [1.165, 1.54) is 7.11 Å². The zero-order valence-electron chi connectivity index (χ0n) is 16.9. The van der Waals surface area contributed by atoms with Crippen molar-refractivity contribution in [3.05, 3.63) is 58.6 Å². The Morgan fingerprint density at radius 2 is 1.97 bits per heavy atom. The van der Waals surface area contributed by atoms with Crippen molar-refractivity contribution in [3.8, 4) is 11.5 Å². The van der Waals surface area contributed by atoms with Gasteiger partial charge in [0.2, 0.25) is 5.91 Å². The SMILES string of the molecule is COc1cccc(CN(C)C(=O)[C@@H]2CCCN2C(=O)c2cc(Cl)ccc2OC)c1. The summed E-state index contributed by atoms with van der Waals surface area (Å²) >= 11 is 6.08. The Morgan fingerprint density at radius 1 is 1.17 bits per heavy atom. The number of likely N-dealkylation sites (tertiary alicyclic amines) is 1. The molecular weight excluding hydrogens is 392 g/mol. The number of benzene rings is 2. The number of hydrogen-bond acceptors (Lipinski definition) is 4. The molecule has 0 saturated carbocycles.